The number of phenols is 1. The average Bonchev–Trinajstić information content (AvgIpc) is 2.44. The van der Waals surface area contributed by atoms with Crippen LogP contribution in [0.5, 0.6) is 11.5 Å². The maximum absolute atomic E-state index is 12.1. The van der Waals surface area contributed by atoms with Crippen LogP contribution in [0.4, 0.5) is 0 Å². The first-order valence-corrected chi connectivity index (χ1v) is 6.86. The van der Waals surface area contributed by atoms with Gasteiger partial charge >= 0.3 is 49.7 Å². The van der Waals surface area contributed by atoms with Crippen molar-refractivity contribution < 1.29 is 65.1 Å². The van der Waals surface area contributed by atoms with Crippen LogP contribution < -0.4 is 42.5 Å². The number of benzene rings is 2. The number of halogens is 3. The zero-order chi connectivity index (χ0) is 16.4. The quantitative estimate of drug-likeness (QED) is 0.387. The number of carboxylic acids is 1. The van der Waals surface area contributed by atoms with Crippen molar-refractivity contribution in [3.8, 4) is 11.5 Å². The normalized spacial score (nSPS) is 9.46. The molecular formula is C14H9Cl3Li2O5. The number of rotatable bonds is 3. The Kier molecular flexibility index (Phi) is 9.35. The van der Waals surface area contributed by atoms with Crippen LogP contribution in [-0.2, 0) is 0 Å². The van der Waals surface area contributed by atoms with E-state index in [1.165, 1.54) is 18.2 Å². The van der Waals surface area contributed by atoms with E-state index in [9.17, 15) is 14.7 Å². The van der Waals surface area contributed by atoms with Crippen LogP contribution in [0.1, 0.15) is 23.6 Å². The molecule has 0 bridgehead atoms. The molecule has 5 nitrogen and oxygen atoms in total. The maximum atomic E-state index is 12.1. The second-order valence-corrected chi connectivity index (χ2v) is 5.40. The molecule has 0 aliphatic carbocycles. The molecule has 0 radical (unpaired) electrons. The fourth-order valence-corrected chi connectivity index (χ4v) is 2.30. The molecule has 0 spiro atoms. The van der Waals surface area contributed by atoms with Crippen molar-refractivity contribution in [1.29, 1.82) is 0 Å². The molecule has 2 N–H and O–H groups in total. The van der Waals surface area contributed by atoms with E-state index < -0.39 is 17.7 Å². The number of aromatic hydroxyl groups is 1. The molecule has 0 heterocycles. The van der Waals surface area contributed by atoms with Crippen LogP contribution in [0, 0.1) is 0 Å². The summed E-state index contributed by atoms with van der Waals surface area (Å²) < 4.78 is 4.98. The first-order valence-electron chi connectivity index (χ1n) is 5.72. The Morgan fingerprint density at radius 2 is 1.54 bits per heavy atom. The van der Waals surface area contributed by atoms with E-state index >= 15 is 0 Å². The zero-order valence-electron chi connectivity index (χ0n) is 14.6. The van der Waals surface area contributed by atoms with Crippen LogP contribution in [0.15, 0.2) is 30.3 Å². The van der Waals surface area contributed by atoms with E-state index in [-0.39, 0.29) is 72.5 Å². The van der Waals surface area contributed by atoms with Gasteiger partial charge in [-0.1, -0.05) is 34.8 Å². The van der Waals surface area contributed by atoms with Gasteiger partial charge in [-0.25, -0.2) is 9.59 Å². The third-order valence-electron chi connectivity index (χ3n) is 2.62. The minimum Gasteiger partial charge on any atom is -1.00 e. The number of carbonyl (C=O) groups is 2. The summed E-state index contributed by atoms with van der Waals surface area (Å²) in [4.78, 5) is 23.2. The van der Waals surface area contributed by atoms with E-state index in [1.807, 2.05) is 0 Å². The molecule has 2 aromatic carbocycles. The van der Waals surface area contributed by atoms with Crippen LogP contribution in [0.2, 0.25) is 15.1 Å². The first-order chi connectivity index (χ1) is 10.3. The monoisotopic (exact) mass is 376 g/mol. The molecule has 2 aromatic rings. The summed E-state index contributed by atoms with van der Waals surface area (Å²) in [5.41, 5.74) is -0.586. The van der Waals surface area contributed by atoms with Gasteiger partial charge in [0.1, 0.15) is 22.6 Å². The predicted octanol–water partition coefficient (Wildman–Crippen LogP) is -1.50. The van der Waals surface area contributed by atoms with Crippen molar-refractivity contribution in [3.05, 3.63) is 56.5 Å². The molecular weight excluding hydrogens is 368 g/mol. The number of hydrogen-bond acceptors (Lipinski definition) is 4. The molecule has 0 unspecified atom stereocenters. The van der Waals surface area contributed by atoms with Gasteiger partial charge in [-0.3, -0.25) is 0 Å². The van der Waals surface area contributed by atoms with Gasteiger partial charge in [0.05, 0.1) is 5.02 Å². The van der Waals surface area contributed by atoms with E-state index in [1.54, 1.807) is 0 Å². The molecule has 0 aliphatic heterocycles. The molecule has 10 heteroatoms. The Morgan fingerprint density at radius 1 is 0.958 bits per heavy atom. The Balaban J connectivity index is -0.00000132. The summed E-state index contributed by atoms with van der Waals surface area (Å²) in [6.07, 6.45) is 0. The van der Waals surface area contributed by atoms with Crippen LogP contribution in [-0.4, -0.2) is 22.2 Å². The summed E-state index contributed by atoms with van der Waals surface area (Å²) in [5.74, 6) is -3.07. The molecule has 24 heavy (non-hydrogen) atoms. The van der Waals surface area contributed by atoms with Crippen LogP contribution >= 0.6 is 34.8 Å². The van der Waals surface area contributed by atoms with Crippen LogP contribution in [0.25, 0.3) is 0 Å². The third-order valence-corrected chi connectivity index (χ3v) is 3.36. The fraction of sp³-hybridized carbons (Fsp3) is 0. The maximum Gasteiger partial charge on any atom is 1.00 e. The second kappa shape index (κ2) is 9.66. The van der Waals surface area contributed by atoms with E-state index in [0.717, 1.165) is 12.1 Å². The number of ether oxygens (including phenoxy) is 1. The Hall–Kier alpha value is -0.755. The molecule has 0 aromatic heterocycles. The molecule has 0 aliphatic rings. The summed E-state index contributed by atoms with van der Waals surface area (Å²) >= 11 is 17.2. The molecule has 2 rings (SSSR count). The Bertz CT molecular complexity index is 793. The zero-order valence-corrected chi connectivity index (χ0v) is 14.9. The largest absolute Gasteiger partial charge is 1.00 e. The van der Waals surface area contributed by atoms with Crippen LogP contribution in [0.3, 0.4) is 0 Å². The van der Waals surface area contributed by atoms with Crippen molar-refractivity contribution in [3.63, 3.8) is 0 Å². The SMILES string of the molecule is O=C(O)c1cc(Cl)ccc1OC(=O)c1cc(Cl)cc(Cl)c1O.[H-].[H-].[Li+].[Li+]. The van der Waals surface area contributed by atoms with Crippen molar-refractivity contribution >= 4 is 46.7 Å². The average molecular weight is 377 g/mol. The molecule has 0 saturated heterocycles. The smallest absolute Gasteiger partial charge is 1.00 e. The standard InChI is InChI=1S/C14H7Cl3O5.2Li.2H/c15-6-1-2-11(8(3-6)13(19)20)22-14(21)9-4-7(16)5-10(17)12(9)18;;;;/h1-5,18H,(H,19,20);;;;/q;2*+1;2*-1. The van der Waals surface area contributed by atoms with Gasteiger partial charge in [0.2, 0.25) is 0 Å². The topological polar surface area (TPSA) is 83.8 Å². The number of hydrogen-bond donors (Lipinski definition) is 2. The van der Waals surface area contributed by atoms with Crippen molar-refractivity contribution in [2.75, 3.05) is 0 Å². The number of carbonyl (C=O) groups excluding carboxylic acids is 1. The second-order valence-electron chi connectivity index (χ2n) is 4.12. The summed E-state index contributed by atoms with van der Waals surface area (Å²) in [6, 6.07) is 6.13. The minimum absolute atomic E-state index is 0. The van der Waals surface area contributed by atoms with Crippen molar-refractivity contribution in [2.45, 2.75) is 0 Å². The van der Waals surface area contributed by atoms with Gasteiger partial charge in [0.25, 0.3) is 0 Å². The van der Waals surface area contributed by atoms with Gasteiger partial charge < -0.3 is 17.8 Å². The van der Waals surface area contributed by atoms with E-state index in [0.29, 0.717) is 0 Å². The van der Waals surface area contributed by atoms with Crippen molar-refractivity contribution in [2.24, 2.45) is 0 Å². The molecule has 0 fully saturated rings. The minimum atomic E-state index is -1.32. The van der Waals surface area contributed by atoms with Gasteiger partial charge in [0, 0.05) is 10.0 Å². The third kappa shape index (κ3) is 5.38. The molecule has 0 amide bonds. The fourth-order valence-electron chi connectivity index (χ4n) is 1.63. The number of esters is 1. The van der Waals surface area contributed by atoms with Gasteiger partial charge in [-0.2, -0.15) is 0 Å². The summed E-state index contributed by atoms with van der Waals surface area (Å²) in [7, 11) is 0. The van der Waals surface area contributed by atoms with Gasteiger partial charge in [-0.15, -0.1) is 0 Å². The van der Waals surface area contributed by atoms with E-state index in [2.05, 4.69) is 0 Å². The number of phenolic OH excluding ortho intramolecular Hbond substituents is 1. The number of aromatic carboxylic acids is 1. The summed E-state index contributed by atoms with van der Waals surface area (Å²) in [5, 5.41) is 19.0. The molecule has 0 saturated carbocycles. The van der Waals surface area contributed by atoms with Crippen molar-refractivity contribution in [1.82, 2.24) is 0 Å². The van der Waals surface area contributed by atoms with Gasteiger partial charge in [0.15, 0.2) is 0 Å². The number of carboxylic acid groups (broad SMARTS) is 1. The molecule has 118 valence electrons. The summed E-state index contributed by atoms with van der Waals surface area (Å²) in [6.45, 7) is 0. The molecule has 0 atom stereocenters. The Labute approximate surface area is 179 Å². The predicted molar refractivity (Wildman–Crippen MR) is 83.7 cm³/mol. The van der Waals surface area contributed by atoms with Gasteiger partial charge in [-0.05, 0) is 30.3 Å². The first kappa shape index (κ1) is 23.2. The Morgan fingerprint density at radius 3 is 2.12 bits per heavy atom. The van der Waals surface area contributed by atoms with E-state index in [4.69, 9.17) is 44.6 Å².